The first-order valence-electron chi connectivity index (χ1n) is 8.58. The van der Waals surface area contributed by atoms with Crippen LogP contribution in [0.25, 0.3) is 0 Å². The van der Waals surface area contributed by atoms with Gasteiger partial charge in [0.25, 0.3) is 0 Å². The van der Waals surface area contributed by atoms with Gasteiger partial charge < -0.3 is 10.2 Å². The lowest BCUT2D eigenvalue weighted by atomic mass is 10.0. The Bertz CT molecular complexity index is 939. The Hall–Kier alpha value is -3.28. The number of nitrogens with one attached hydrogen (secondary N) is 1. The smallest absolute Gasteiger partial charge is 0.249 e. The van der Waals surface area contributed by atoms with E-state index in [0.29, 0.717) is 11.5 Å². The number of hydrogen-bond donors (Lipinski definition) is 1. The first kappa shape index (κ1) is 16.2. The molecule has 3 aromatic rings. The molecule has 4 rings (SSSR count). The van der Waals surface area contributed by atoms with Crippen molar-refractivity contribution in [2.75, 3.05) is 16.8 Å². The van der Waals surface area contributed by atoms with Crippen LogP contribution in [-0.4, -0.2) is 27.5 Å². The third-order valence-electron chi connectivity index (χ3n) is 4.55. The van der Waals surface area contributed by atoms with Crippen LogP contribution in [0.2, 0.25) is 0 Å². The molecule has 1 N–H and O–H groups in total. The number of Topliss-reactive ketones (excluding diaryl/α,β-unsaturated/α-hetero) is 1. The van der Waals surface area contributed by atoms with Crippen molar-refractivity contribution in [1.82, 2.24) is 15.2 Å². The van der Waals surface area contributed by atoms with Crippen LogP contribution < -0.4 is 10.2 Å². The van der Waals surface area contributed by atoms with Gasteiger partial charge in [0, 0.05) is 24.3 Å². The summed E-state index contributed by atoms with van der Waals surface area (Å²) in [5, 5.41) is 11.3. The Morgan fingerprint density at radius 2 is 1.85 bits per heavy atom. The van der Waals surface area contributed by atoms with Gasteiger partial charge in [-0.2, -0.15) is 10.1 Å². The van der Waals surface area contributed by atoms with Crippen molar-refractivity contribution in [2.24, 2.45) is 0 Å². The van der Waals surface area contributed by atoms with Crippen LogP contribution in [0.3, 0.4) is 0 Å². The van der Waals surface area contributed by atoms with Crippen molar-refractivity contribution in [2.45, 2.75) is 19.9 Å². The maximum Gasteiger partial charge on any atom is 0.249 e. The summed E-state index contributed by atoms with van der Waals surface area (Å²) in [6.45, 7) is 3.28. The Morgan fingerprint density at radius 3 is 2.62 bits per heavy atom. The first-order chi connectivity index (χ1) is 12.7. The minimum atomic E-state index is 0.0434. The average Bonchev–Trinajstić information content (AvgIpc) is 2.68. The molecule has 0 fully saturated rings. The molecule has 26 heavy (non-hydrogen) atoms. The van der Waals surface area contributed by atoms with Crippen LogP contribution in [0.15, 0.2) is 54.7 Å². The summed E-state index contributed by atoms with van der Waals surface area (Å²) >= 11 is 0. The van der Waals surface area contributed by atoms with Crippen molar-refractivity contribution in [1.29, 1.82) is 0 Å². The predicted molar refractivity (Wildman–Crippen MR) is 101 cm³/mol. The molecule has 0 aliphatic carbocycles. The monoisotopic (exact) mass is 345 g/mol. The fraction of sp³-hybridized carbons (Fsp3) is 0.200. The van der Waals surface area contributed by atoms with Crippen molar-refractivity contribution < 1.29 is 4.79 Å². The molecule has 130 valence electrons. The van der Waals surface area contributed by atoms with Gasteiger partial charge in [-0.1, -0.05) is 24.3 Å². The number of aromatic nitrogens is 3. The van der Waals surface area contributed by atoms with E-state index in [1.807, 2.05) is 12.1 Å². The van der Waals surface area contributed by atoms with E-state index in [1.165, 1.54) is 11.1 Å². The van der Waals surface area contributed by atoms with Crippen molar-refractivity contribution in [3.63, 3.8) is 0 Å². The lowest BCUT2D eigenvalue weighted by molar-refractivity contribution is 0.101. The zero-order valence-corrected chi connectivity index (χ0v) is 14.5. The lowest BCUT2D eigenvalue weighted by Crippen LogP contribution is -2.31. The molecule has 1 aliphatic rings. The highest BCUT2D eigenvalue weighted by molar-refractivity contribution is 5.94. The molecule has 0 saturated heterocycles. The number of fused-ring (bicyclic) bond motifs is 1. The molecule has 6 nitrogen and oxygen atoms in total. The third-order valence-corrected chi connectivity index (χ3v) is 4.55. The number of carbonyl (C=O) groups is 1. The summed E-state index contributed by atoms with van der Waals surface area (Å²) in [5.74, 6) is 1.29. The van der Waals surface area contributed by atoms with E-state index < -0.39 is 0 Å². The highest BCUT2D eigenvalue weighted by Crippen LogP contribution is 2.23. The zero-order valence-electron chi connectivity index (χ0n) is 14.5. The summed E-state index contributed by atoms with van der Waals surface area (Å²) in [6, 6.07) is 15.7. The van der Waals surface area contributed by atoms with Crippen LogP contribution in [0.4, 0.5) is 17.5 Å². The van der Waals surface area contributed by atoms with Gasteiger partial charge in [-0.05, 0) is 48.7 Å². The summed E-state index contributed by atoms with van der Waals surface area (Å²) in [4.78, 5) is 18.2. The van der Waals surface area contributed by atoms with Gasteiger partial charge in [-0.3, -0.25) is 4.79 Å². The standard InChI is InChI=1S/C20H19N5O/c1-14(26)15-6-8-18(9-7-15)22-20-23-19(12-21-24-20)25-11-10-16-4-2-3-5-17(16)13-25/h2-9,12H,10-11,13H2,1H3,(H,22,23,24). The highest BCUT2D eigenvalue weighted by atomic mass is 16.1. The minimum Gasteiger partial charge on any atom is -0.350 e. The molecule has 2 aromatic carbocycles. The van der Waals surface area contributed by atoms with Crippen LogP contribution in [0.1, 0.15) is 28.4 Å². The SMILES string of the molecule is CC(=O)c1ccc(Nc2nncc(N3CCc4ccccc4C3)n2)cc1. The Kier molecular flexibility index (Phi) is 4.31. The van der Waals surface area contributed by atoms with Crippen LogP contribution >= 0.6 is 0 Å². The molecule has 0 unspecified atom stereocenters. The van der Waals surface area contributed by atoms with Gasteiger partial charge in [-0.25, -0.2) is 0 Å². The van der Waals surface area contributed by atoms with E-state index in [1.54, 1.807) is 25.3 Å². The number of rotatable bonds is 4. The molecule has 0 radical (unpaired) electrons. The molecule has 2 heterocycles. The minimum absolute atomic E-state index is 0.0434. The second-order valence-corrected chi connectivity index (χ2v) is 6.34. The largest absolute Gasteiger partial charge is 0.350 e. The van der Waals surface area contributed by atoms with E-state index in [0.717, 1.165) is 31.0 Å². The van der Waals surface area contributed by atoms with Gasteiger partial charge in [0.15, 0.2) is 11.6 Å². The number of carbonyl (C=O) groups excluding carboxylic acids is 1. The topological polar surface area (TPSA) is 71.0 Å². The maximum absolute atomic E-state index is 11.4. The molecule has 0 atom stereocenters. The summed E-state index contributed by atoms with van der Waals surface area (Å²) in [5.41, 5.74) is 4.22. The molecular formula is C20H19N5O. The third kappa shape index (κ3) is 3.39. The zero-order chi connectivity index (χ0) is 17.9. The van der Waals surface area contributed by atoms with Crippen molar-refractivity contribution in [3.8, 4) is 0 Å². The van der Waals surface area contributed by atoms with Gasteiger partial charge >= 0.3 is 0 Å². The van der Waals surface area contributed by atoms with Gasteiger partial charge in [0.1, 0.15) is 0 Å². The summed E-state index contributed by atoms with van der Waals surface area (Å²) in [7, 11) is 0. The Morgan fingerprint density at radius 1 is 1.08 bits per heavy atom. The molecule has 0 saturated carbocycles. The summed E-state index contributed by atoms with van der Waals surface area (Å²) < 4.78 is 0. The average molecular weight is 345 g/mol. The Labute approximate surface area is 151 Å². The first-order valence-corrected chi connectivity index (χ1v) is 8.58. The second-order valence-electron chi connectivity index (χ2n) is 6.34. The highest BCUT2D eigenvalue weighted by Gasteiger charge is 2.17. The molecule has 1 aromatic heterocycles. The predicted octanol–water partition coefficient (Wildman–Crippen LogP) is 3.38. The van der Waals surface area contributed by atoms with Crippen LogP contribution in [0.5, 0.6) is 0 Å². The van der Waals surface area contributed by atoms with E-state index >= 15 is 0 Å². The molecule has 6 heteroatoms. The number of nitrogens with zero attached hydrogens (tertiary/aromatic N) is 4. The fourth-order valence-corrected chi connectivity index (χ4v) is 3.11. The number of anilines is 3. The quantitative estimate of drug-likeness (QED) is 0.731. The Balaban J connectivity index is 1.51. The van der Waals surface area contributed by atoms with Crippen LogP contribution in [0, 0.1) is 0 Å². The lowest BCUT2D eigenvalue weighted by Gasteiger charge is -2.29. The van der Waals surface area contributed by atoms with Gasteiger partial charge in [-0.15, -0.1) is 5.10 Å². The molecule has 1 aliphatic heterocycles. The molecule has 0 spiro atoms. The van der Waals surface area contributed by atoms with Gasteiger partial charge in [0.05, 0.1) is 6.20 Å². The van der Waals surface area contributed by atoms with E-state index in [4.69, 9.17) is 0 Å². The van der Waals surface area contributed by atoms with Crippen LogP contribution in [-0.2, 0) is 13.0 Å². The van der Waals surface area contributed by atoms with Crippen molar-refractivity contribution >= 4 is 23.2 Å². The fourth-order valence-electron chi connectivity index (χ4n) is 3.11. The number of benzene rings is 2. The number of hydrogen-bond acceptors (Lipinski definition) is 6. The molecule has 0 amide bonds. The molecular weight excluding hydrogens is 326 g/mol. The van der Waals surface area contributed by atoms with E-state index in [9.17, 15) is 4.79 Å². The summed E-state index contributed by atoms with van der Waals surface area (Å²) in [6.07, 6.45) is 2.69. The maximum atomic E-state index is 11.4. The van der Waals surface area contributed by atoms with E-state index in [-0.39, 0.29) is 5.78 Å². The number of ketones is 1. The van der Waals surface area contributed by atoms with E-state index in [2.05, 4.69) is 49.7 Å². The van der Waals surface area contributed by atoms with Crippen molar-refractivity contribution in [3.05, 3.63) is 71.4 Å². The second kappa shape index (κ2) is 6.92. The normalized spacial score (nSPS) is 13.2. The molecule has 0 bridgehead atoms. The van der Waals surface area contributed by atoms with Gasteiger partial charge in [0.2, 0.25) is 5.95 Å².